The quantitative estimate of drug-likeness (QED) is 0.743. The lowest BCUT2D eigenvalue weighted by atomic mass is 9.55. The highest BCUT2D eigenvalue weighted by molar-refractivity contribution is 5.81. The molecule has 0 radical (unpaired) electrons. The molecular weight excluding hydrogens is 270 g/mol. The Hall–Kier alpha value is -1.28. The Bertz CT molecular complexity index is 732. The maximum Gasteiger partial charge on any atom is 0.0596 e. The van der Waals surface area contributed by atoms with Crippen LogP contribution in [0.1, 0.15) is 56.1 Å². The van der Waals surface area contributed by atoms with Gasteiger partial charge in [-0.3, -0.25) is 0 Å². The van der Waals surface area contributed by atoms with E-state index in [4.69, 9.17) is 0 Å². The monoisotopic (exact) mass is 295 g/mol. The van der Waals surface area contributed by atoms with Gasteiger partial charge in [-0.15, -0.1) is 0 Å². The highest BCUT2D eigenvalue weighted by Gasteiger charge is 2.54. The molecule has 0 aliphatic heterocycles. The second-order valence-electron chi connectivity index (χ2n) is 8.17. The first-order valence-corrected chi connectivity index (χ1v) is 8.95. The Labute approximate surface area is 131 Å². The first kappa shape index (κ1) is 13.2. The van der Waals surface area contributed by atoms with Crippen molar-refractivity contribution < 1.29 is 5.11 Å². The van der Waals surface area contributed by atoms with E-state index in [1.54, 1.807) is 11.1 Å². The number of hydrogen-bond acceptors (Lipinski definition) is 1. The molecule has 2 aromatic rings. The number of hydrogen-bond donors (Lipinski definition) is 2. The molecule has 116 valence electrons. The molecule has 1 aromatic heterocycles. The van der Waals surface area contributed by atoms with Crippen LogP contribution >= 0.6 is 0 Å². The molecule has 2 saturated carbocycles. The SMILES string of the molecule is CC12CCC3c4cc5cc[nH]c5cc4CCC3C1CCC2O. The van der Waals surface area contributed by atoms with E-state index in [9.17, 15) is 5.11 Å². The molecule has 2 N–H and O–H groups in total. The van der Waals surface area contributed by atoms with E-state index >= 15 is 0 Å². The predicted molar refractivity (Wildman–Crippen MR) is 88.9 cm³/mol. The number of benzene rings is 1. The molecule has 0 amide bonds. The first-order valence-electron chi connectivity index (χ1n) is 8.95. The van der Waals surface area contributed by atoms with Crippen molar-refractivity contribution in [3.63, 3.8) is 0 Å². The highest BCUT2D eigenvalue weighted by atomic mass is 16.3. The molecular formula is C20H25NO. The molecule has 1 aromatic carbocycles. The van der Waals surface area contributed by atoms with Gasteiger partial charge in [0.15, 0.2) is 0 Å². The fraction of sp³-hybridized carbons (Fsp3) is 0.600. The van der Waals surface area contributed by atoms with Gasteiger partial charge in [0.1, 0.15) is 0 Å². The maximum atomic E-state index is 10.5. The van der Waals surface area contributed by atoms with Gasteiger partial charge in [-0.2, -0.15) is 0 Å². The number of aliphatic hydroxyl groups excluding tert-OH is 1. The van der Waals surface area contributed by atoms with E-state index in [0.717, 1.165) is 24.2 Å². The molecule has 0 bridgehead atoms. The molecule has 5 rings (SSSR count). The normalized spacial score (nSPS) is 40.3. The van der Waals surface area contributed by atoms with Crippen molar-refractivity contribution in [1.82, 2.24) is 4.98 Å². The topological polar surface area (TPSA) is 36.0 Å². The summed E-state index contributed by atoms with van der Waals surface area (Å²) in [6.07, 6.45) is 9.24. The van der Waals surface area contributed by atoms with E-state index in [2.05, 4.69) is 36.3 Å². The van der Waals surface area contributed by atoms with E-state index in [1.165, 1.54) is 43.0 Å². The third-order valence-electron chi connectivity index (χ3n) is 7.35. The Morgan fingerprint density at radius 3 is 3.00 bits per heavy atom. The minimum absolute atomic E-state index is 0.0630. The van der Waals surface area contributed by atoms with E-state index in [1.807, 2.05) is 0 Å². The first-order chi connectivity index (χ1) is 10.7. The lowest BCUT2D eigenvalue weighted by molar-refractivity contribution is -0.0225. The van der Waals surface area contributed by atoms with Gasteiger partial charge in [0.25, 0.3) is 0 Å². The van der Waals surface area contributed by atoms with Gasteiger partial charge in [-0.05, 0) is 96.4 Å². The lowest BCUT2D eigenvalue weighted by Crippen LogP contribution is -2.43. The molecule has 3 aliphatic rings. The summed E-state index contributed by atoms with van der Waals surface area (Å²) in [6, 6.07) is 7.04. The van der Waals surface area contributed by atoms with Gasteiger partial charge in [0.2, 0.25) is 0 Å². The number of aromatic amines is 1. The van der Waals surface area contributed by atoms with Crippen LogP contribution in [0.25, 0.3) is 10.9 Å². The van der Waals surface area contributed by atoms with Crippen molar-refractivity contribution in [2.24, 2.45) is 17.3 Å². The summed E-state index contributed by atoms with van der Waals surface area (Å²) < 4.78 is 0. The highest BCUT2D eigenvalue weighted by Crippen LogP contribution is 2.60. The van der Waals surface area contributed by atoms with Crippen LogP contribution in [0.5, 0.6) is 0 Å². The zero-order valence-electron chi connectivity index (χ0n) is 13.3. The fourth-order valence-electron chi connectivity index (χ4n) is 6.10. The number of fused-ring (bicyclic) bond motifs is 6. The Kier molecular flexibility index (Phi) is 2.63. The van der Waals surface area contributed by atoms with Crippen LogP contribution in [0, 0.1) is 17.3 Å². The average molecular weight is 295 g/mol. The van der Waals surface area contributed by atoms with Crippen LogP contribution in [-0.4, -0.2) is 16.2 Å². The van der Waals surface area contributed by atoms with Gasteiger partial charge >= 0.3 is 0 Å². The molecule has 1 heterocycles. The summed E-state index contributed by atoms with van der Waals surface area (Å²) in [5.74, 6) is 2.25. The zero-order chi connectivity index (χ0) is 14.9. The predicted octanol–water partition coefficient (Wildman–Crippen LogP) is 4.38. The maximum absolute atomic E-state index is 10.5. The second kappa shape index (κ2) is 4.38. The minimum atomic E-state index is -0.0630. The van der Waals surface area contributed by atoms with E-state index < -0.39 is 0 Å². The van der Waals surface area contributed by atoms with Crippen LogP contribution < -0.4 is 0 Å². The molecule has 22 heavy (non-hydrogen) atoms. The van der Waals surface area contributed by atoms with E-state index in [0.29, 0.717) is 0 Å². The molecule has 2 fully saturated rings. The summed E-state index contributed by atoms with van der Waals surface area (Å²) in [5, 5.41) is 11.8. The van der Waals surface area contributed by atoms with E-state index in [-0.39, 0.29) is 11.5 Å². The molecule has 2 nitrogen and oxygen atoms in total. The van der Waals surface area contributed by atoms with Crippen molar-refractivity contribution >= 4 is 10.9 Å². The van der Waals surface area contributed by atoms with Crippen molar-refractivity contribution in [3.05, 3.63) is 35.5 Å². The van der Waals surface area contributed by atoms with Gasteiger partial charge < -0.3 is 10.1 Å². The van der Waals surface area contributed by atoms with Crippen LogP contribution in [0.2, 0.25) is 0 Å². The molecule has 0 saturated heterocycles. The summed E-state index contributed by atoms with van der Waals surface area (Å²) >= 11 is 0. The minimum Gasteiger partial charge on any atom is -0.393 e. The third-order valence-corrected chi connectivity index (χ3v) is 7.35. The largest absolute Gasteiger partial charge is 0.393 e. The standard InChI is InChI=1S/C20H25NO/c1-20-8-6-14-15(17(20)4-5-19(20)22)3-2-12-11-18-13(7-9-21-18)10-16(12)14/h7,9-11,14-15,17,19,21-22H,2-6,8H2,1H3. The Balaban J connectivity index is 1.59. The summed E-state index contributed by atoms with van der Waals surface area (Å²) in [7, 11) is 0. The molecule has 5 unspecified atom stereocenters. The summed E-state index contributed by atoms with van der Waals surface area (Å²) in [5.41, 5.74) is 4.66. The van der Waals surface area contributed by atoms with Crippen LogP contribution in [0.3, 0.4) is 0 Å². The fourth-order valence-corrected chi connectivity index (χ4v) is 6.10. The van der Waals surface area contributed by atoms with Crippen molar-refractivity contribution in [3.8, 4) is 0 Å². The van der Waals surface area contributed by atoms with Crippen LogP contribution in [-0.2, 0) is 6.42 Å². The van der Waals surface area contributed by atoms with Crippen molar-refractivity contribution in [1.29, 1.82) is 0 Å². The van der Waals surface area contributed by atoms with Crippen LogP contribution in [0.4, 0.5) is 0 Å². The number of rotatable bonds is 0. The van der Waals surface area contributed by atoms with Crippen molar-refractivity contribution in [2.75, 3.05) is 0 Å². The van der Waals surface area contributed by atoms with Crippen LogP contribution in [0.15, 0.2) is 24.4 Å². The lowest BCUT2D eigenvalue weighted by Gasteiger charge is -2.50. The molecule has 3 aliphatic carbocycles. The second-order valence-corrected chi connectivity index (χ2v) is 8.17. The Morgan fingerprint density at radius 1 is 1.18 bits per heavy atom. The molecule has 5 atom stereocenters. The summed E-state index contributed by atoms with van der Waals surface area (Å²) in [6.45, 7) is 2.36. The van der Waals surface area contributed by atoms with Gasteiger partial charge in [0, 0.05) is 11.7 Å². The van der Waals surface area contributed by atoms with Gasteiger partial charge in [-0.25, -0.2) is 0 Å². The number of nitrogens with one attached hydrogen (secondary N) is 1. The Morgan fingerprint density at radius 2 is 2.09 bits per heavy atom. The van der Waals surface area contributed by atoms with Crippen molar-refractivity contribution in [2.45, 2.75) is 57.5 Å². The van der Waals surface area contributed by atoms with Gasteiger partial charge in [-0.1, -0.05) is 6.92 Å². The molecule has 2 heteroatoms. The smallest absolute Gasteiger partial charge is 0.0596 e. The average Bonchev–Trinajstić information content (AvgIpc) is 3.09. The summed E-state index contributed by atoms with van der Waals surface area (Å²) in [4.78, 5) is 3.36. The zero-order valence-corrected chi connectivity index (χ0v) is 13.3. The number of aliphatic hydroxyl groups is 1. The third kappa shape index (κ3) is 1.59. The number of H-pyrrole nitrogens is 1. The number of aryl methyl sites for hydroxylation is 1. The number of aromatic nitrogens is 1. The molecule has 0 spiro atoms. The van der Waals surface area contributed by atoms with Gasteiger partial charge in [0.05, 0.1) is 6.10 Å².